The molecule has 1 aromatic carbocycles. The molecule has 0 saturated heterocycles. The number of fused-ring (bicyclic) bond motifs is 1. The van der Waals surface area contributed by atoms with Crippen LogP contribution in [-0.2, 0) is 11.3 Å². The van der Waals surface area contributed by atoms with Crippen molar-refractivity contribution in [3.63, 3.8) is 0 Å². The SMILES string of the molecule is O=C(O)c1ccc2nnn(CCOCC3CC3)c2c1. The van der Waals surface area contributed by atoms with E-state index >= 15 is 0 Å². The van der Waals surface area contributed by atoms with Gasteiger partial charge in [0.15, 0.2) is 0 Å². The van der Waals surface area contributed by atoms with Crippen molar-refractivity contribution in [2.75, 3.05) is 13.2 Å². The van der Waals surface area contributed by atoms with Crippen LogP contribution in [0.4, 0.5) is 0 Å². The lowest BCUT2D eigenvalue weighted by atomic mass is 10.2. The van der Waals surface area contributed by atoms with Crippen LogP contribution in [0.2, 0.25) is 0 Å². The molecule has 1 aliphatic carbocycles. The molecular weight excluding hydrogens is 246 g/mol. The molecule has 6 heteroatoms. The largest absolute Gasteiger partial charge is 0.478 e. The molecule has 0 bridgehead atoms. The Balaban J connectivity index is 1.70. The van der Waals surface area contributed by atoms with Gasteiger partial charge in [-0.05, 0) is 37.0 Å². The van der Waals surface area contributed by atoms with Crippen molar-refractivity contribution in [3.05, 3.63) is 23.8 Å². The molecule has 19 heavy (non-hydrogen) atoms. The Morgan fingerprint density at radius 2 is 2.32 bits per heavy atom. The fourth-order valence-corrected chi connectivity index (χ4v) is 1.95. The van der Waals surface area contributed by atoms with Crippen molar-refractivity contribution in [2.45, 2.75) is 19.4 Å². The smallest absolute Gasteiger partial charge is 0.335 e. The van der Waals surface area contributed by atoms with E-state index in [0.717, 1.165) is 18.0 Å². The van der Waals surface area contributed by atoms with Gasteiger partial charge < -0.3 is 9.84 Å². The Bertz CT molecular complexity index is 604. The van der Waals surface area contributed by atoms with E-state index in [2.05, 4.69) is 10.3 Å². The molecule has 0 aliphatic heterocycles. The highest BCUT2D eigenvalue weighted by Gasteiger charge is 2.21. The van der Waals surface area contributed by atoms with Crippen molar-refractivity contribution in [1.29, 1.82) is 0 Å². The van der Waals surface area contributed by atoms with E-state index in [1.807, 2.05) is 0 Å². The Morgan fingerprint density at radius 3 is 3.05 bits per heavy atom. The van der Waals surface area contributed by atoms with E-state index in [-0.39, 0.29) is 5.56 Å². The van der Waals surface area contributed by atoms with Crippen molar-refractivity contribution in [1.82, 2.24) is 15.0 Å². The summed E-state index contributed by atoms with van der Waals surface area (Å²) in [6.07, 6.45) is 2.54. The number of aromatic nitrogens is 3. The van der Waals surface area contributed by atoms with E-state index in [1.54, 1.807) is 16.8 Å². The molecule has 0 atom stereocenters. The van der Waals surface area contributed by atoms with Gasteiger partial charge in [0.05, 0.1) is 24.2 Å². The quantitative estimate of drug-likeness (QED) is 0.798. The van der Waals surface area contributed by atoms with Gasteiger partial charge in [0.25, 0.3) is 0 Å². The van der Waals surface area contributed by atoms with Gasteiger partial charge in [-0.15, -0.1) is 5.10 Å². The molecule has 0 amide bonds. The summed E-state index contributed by atoms with van der Waals surface area (Å²) in [5.74, 6) is -0.203. The van der Waals surface area contributed by atoms with Gasteiger partial charge in [-0.3, -0.25) is 0 Å². The van der Waals surface area contributed by atoms with Crippen LogP contribution in [-0.4, -0.2) is 39.3 Å². The van der Waals surface area contributed by atoms with Gasteiger partial charge in [-0.1, -0.05) is 5.21 Å². The van der Waals surface area contributed by atoms with Gasteiger partial charge in [0.2, 0.25) is 0 Å². The zero-order chi connectivity index (χ0) is 13.2. The zero-order valence-corrected chi connectivity index (χ0v) is 10.5. The third-order valence-electron chi connectivity index (χ3n) is 3.26. The molecule has 1 heterocycles. The van der Waals surface area contributed by atoms with Crippen molar-refractivity contribution >= 4 is 17.0 Å². The van der Waals surface area contributed by atoms with Crippen LogP contribution in [0.25, 0.3) is 11.0 Å². The number of rotatable bonds is 6. The van der Waals surface area contributed by atoms with E-state index in [4.69, 9.17) is 9.84 Å². The van der Waals surface area contributed by atoms with E-state index < -0.39 is 5.97 Å². The first-order valence-corrected chi connectivity index (χ1v) is 6.38. The summed E-state index contributed by atoms with van der Waals surface area (Å²) in [7, 11) is 0. The summed E-state index contributed by atoms with van der Waals surface area (Å²) in [5.41, 5.74) is 1.68. The Morgan fingerprint density at radius 1 is 1.47 bits per heavy atom. The zero-order valence-electron chi connectivity index (χ0n) is 10.5. The molecule has 0 unspecified atom stereocenters. The second-order valence-corrected chi connectivity index (χ2v) is 4.84. The first kappa shape index (κ1) is 12.1. The number of ether oxygens (including phenoxy) is 1. The molecule has 1 aromatic heterocycles. The third-order valence-corrected chi connectivity index (χ3v) is 3.26. The van der Waals surface area contributed by atoms with E-state index in [9.17, 15) is 4.79 Å². The lowest BCUT2D eigenvalue weighted by Gasteiger charge is -2.04. The normalized spacial score (nSPS) is 14.9. The maximum atomic E-state index is 10.9. The van der Waals surface area contributed by atoms with Crippen LogP contribution in [0.15, 0.2) is 18.2 Å². The second-order valence-electron chi connectivity index (χ2n) is 4.84. The highest BCUT2D eigenvalue weighted by atomic mass is 16.5. The van der Waals surface area contributed by atoms with Gasteiger partial charge in [-0.2, -0.15) is 0 Å². The summed E-state index contributed by atoms with van der Waals surface area (Å²) in [4.78, 5) is 10.9. The molecule has 2 aromatic rings. The third kappa shape index (κ3) is 2.73. The number of benzene rings is 1. The molecule has 3 rings (SSSR count). The van der Waals surface area contributed by atoms with Crippen molar-refractivity contribution < 1.29 is 14.6 Å². The highest BCUT2D eigenvalue weighted by Crippen LogP contribution is 2.28. The molecular formula is C13H15N3O3. The summed E-state index contributed by atoms with van der Waals surface area (Å²) in [5, 5.41) is 17.0. The number of carboxylic acids is 1. The predicted molar refractivity (Wildman–Crippen MR) is 68.0 cm³/mol. The fourth-order valence-electron chi connectivity index (χ4n) is 1.95. The Labute approximate surface area is 110 Å². The van der Waals surface area contributed by atoms with Crippen LogP contribution >= 0.6 is 0 Å². The summed E-state index contributed by atoms with van der Waals surface area (Å²) < 4.78 is 7.24. The van der Waals surface area contributed by atoms with Crippen LogP contribution < -0.4 is 0 Å². The topological polar surface area (TPSA) is 77.2 Å². The van der Waals surface area contributed by atoms with Crippen molar-refractivity contribution in [3.8, 4) is 0 Å². The molecule has 6 nitrogen and oxygen atoms in total. The number of hydrogen-bond acceptors (Lipinski definition) is 4. The maximum absolute atomic E-state index is 10.9. The number of carbonyl (C=O) groups is 1. The molecule has 1 saturated carbocycles. The summed E-state index contributed by atoms with van der Waals surface area (Å²) in [6, 6.07) is 4.80. The van der Waals surface area contributed by atoms with Crippen molar-refractivity contribution in [2.24, 2.45) is 5.92 Å². The molecule has 1 N–H and O–H groups in total. The maximum Gasteiger partial charge on any atom is 0.335 e. The number of nitrogens with zero attached hydrogens (tertiary/aromatic N) is 3. The van der Waals surface area contributed by atoms with Crippen LogP contribution in [0.3, 0.4) is 0 Å². The summed E-state index contributed by atoms with van der Waals surface area (Å²) >= 11 is 0. The average Bonchev–Trinajstić information content (AvgIpc) is 3.14. The molecule has 0 spiro atoms. The van der Waals surface area contributed by atoms with Crippen LogP contribution in [0.5, 0.6) is 0 Å². The first-order valence-electron chi connectivity index (χ1n) is 6.38. The number of hydrogen-bond donors (Lipinski definition) is 1. The molecule has 100 valence electrons. The first-order chi connectivity index (χ1) is 9.24. The van der Waals surface area contributed by atoms with Crippen LogP contribution in [0.1, 0.15) is 23.2 Å². The lowest BCUT2D eigenvalue weighted by Crippen LogP contribution is -2.09. The van der Waals surface area contributed by atoms with E-state index in [1.165, 1.54) is 18.9 Å². The fraction of sp³-hybridized carbons (Fsp3) is 0.462. The predicted octanol–water partition coefficient (Wildman–Crippen LogP) is 1.56. The minimum absolute atomic E-state index is 0.245. The highest BCUT2D eigenvalue weighted by molar-refractivity contribution is 5.92. The Hall–Kier alpha value is -1.95. The average molecular weight is 261 g/mol. The molecule has 0 radical (unpaired) electrons. The van der Waals surface area contributed by atoms with E-state index in [0.29, 0.717) is 18.7 Å². The van der Waals surface area contributed by atoms with Gasteiger partial charge in [0.1, 0.15) is 5.52 Å². The van der Waals surface area contributed by atoms with Gasteiger partial charge in [-0.25, -0.2) is 9.48 Å². The monoisotopic (exact) mass is 261 g/mol. The van der Waals surface area contributed by atoms with Gasteiger partial charge >= 0.3 is 5.97 Å². The lowest BCUT2D eigenvalue weighted by molar-refractivity contribution is 0.0697. The standard InChI is InChI=1S/C13H15N3O3/c17-13(18)10-3-4-11-12(7-10)16(15-14-11)5-6-19-8-9-1-2-9/h3-4,7,9H,1-2,5-6,8H2,(H,17,18). The molecule has 1 fully saturated rings. The minimum Gasteiger partial charge on any atom is -0.478 e. The number of aromatic carboxylic acids is 1. The Kier molecular flexibility index (Phi) is 3.16. The number of carboxylic acid groups (broad SMARTS) is 1. The van der Waals surface area contributed by atoms with Crippen LogP contribution in [0, 0.1) is 5.92 Å². The minimum atomic E-state index is -0.945. The molecule has 1 aliphatic rings. The van der Waals surface area contributed by atoms with Gasteiger partial charge in [0, 0.05) is 6.61 Å². The second kappa shape index (κ2) is 4.97. The summed E-state index contributed by atoms with van der Waals surface area (Å²) in [6.45, 7) is 1.98.